The Balaban J connectivity index is 2.23. The molecule has 0 unspecified atom stereocenters. The number of rotatable bonds is 0. The van der Waals surface area contributed by atoms with Crippen molar-refractivity contribution >= 4 is 22.7 Å². The van der Waals surface area contributed by atoms with Crippen molar-refractivity contribution in [2.45, 2.75) is 25.8 Å². The van der Waals surface area contributed by atoms with Gasteiger partial charge in [0.1, 0.15) is 12.0 Å². The van der Waals surface area contributed by atoms with E-state index in [0.29, 0.717) is 11.9 Å². The fourth-order valence-electron chi connectivity index (χ4n) is 3.13. The second kappa shape index (κ2) is 3.79. The number of Topliss-reactive ketones (excluding diaryl/α,β-unsaturated/α-hetero) is 1. The van der Waals surface area contributed by atoms with Gasteiger partial charge in [0.2, 0.25) is 0 Å². The van der Waals surface area contributed by atoms with Gasteiger partial charge in [-0.05, 0) is 24.5 Å². The van der Waals surface area contributed by atoms with E-state index in [0.717, 1.165) is 23.9 Å². The maximum atomic E-state index is 12.5. The highest BCUT2D eigenvalue weighted by Crippen LogP contribution is 2.34. The number of ketones is 1. The minimum Gasteiger partial charge on any atom is -0.424 e. The minimum absolute atomic E-state index is 0.0242. The summed E-state index contributed by atoms with van der Waals surface area (Å²) in [5.41, 5.74) is 1.54. The largest absolute Gasteiger partial charge is 0.424 e. The molecule has 100 valence electrons. The number of carbonyl (C=O) groups excluding carboxylic acids is 2. The molecule has 5 heteroatoms. The number of hydrogen-bond donors (Lipinski definition) is 0. The molecule has 0 radical (unpaired) electrons. The zero-order valence-electron chi connectivity index (χ0n) is 10.6. The van der Waals surface area contributed by atoms with E-state index >= 15 is 0 Å². The molecule has 20 heavy (non-hydrogen) atoms. The Morgan fingerprint density at radius 3 is 2.85 bits per heavy atom. The van der Waals surface area contributed by atoms with Crippen molar-refractivity contribution in [2.75, 3.05) is 0 Å². The molecular formula is C15H11NO4. The lowest BCUT2D eigenvalue weighted by Gasteiger charge is -2.24. The minimum atomic E-state index is -0.594. The van der Waals surface area contributed by atoms with Crippen LogP contribution in [0.25, 0.3) is 10.9 Å². The second-order valence-electron chi connectivity index (χ2n) is 5.15. The molecule has 2 aliphatic rings. The summed E-state index contributed by atoms with van der Waals surface area (Å²) in [5, 5.41) is 0.679. The quantitative estimate of drug-likeness (QED) is 0.536. The summed E-state index contributed by atoms with van der Waals surface area (Å²) in [6.45, 7) is 0.598. The summed E-state index contributed by atoms with van der Waals surface area (Å²) in [6, 6.07) is 5.63. The predicted octanol–water partition coefficient (Wildman–Crippen LogP) is 1.44. The van der Waals surface area contributed by atoms with E-state index in [1.54, 1.807) is 10.6 Å². The SMILES string of the molecule is O=C1CC(=O)c2c(c3cccc4c3n(c2=O)CCC4)O1. The van der Waals surface area contributed by atoms with Crippen LogP contribution < -0.4 is 10.3 Å². The Bertz CT molecular complexity index is 847. The molecule has 1 aromatic carbocycles. The number of ether oxygens (including phenoxy) is 1. The lowest BCUT2D eigenvalue weighted by atomic mass is 9.96. The topological polar surface area (TPSA) is 65.4 Å². The molecular weight excluding hydrogens is 258 g/mol. The monoisotopic (exact) mass is 269 g/mol. The van der Waals surface area contributed by atoms with E-state index < -0.39 is 11.8 Å². The summed E-state index contributed by atoms with van der Waals surface area (Å²) < 4.78 is 6.84. The van der Waals surface area contributed by atoms with Crippen LogP contribution in [0.1, 0.15) is 28.8 Å². The van der Waals surface area contributed by atoms with Gasteiger partial charge in [-0.15, -0.1) is 0 Å². The maximum absolute atomic E-state index is 12.5. The Labute approximate surface area is 113 Å². The predicted molar refractivity (Wildman–Crippen MR) is 71.1 cm³/mol. The normalized spacial score (nSPS) is 17.0. The molecule has 0 aliphatic carbocycles. The highest BCUT2D eigenvalue weighted by atomic mass is 16.5. The van der Waals surface area contributed by atoms with Gasteiger partial charge < -0.3 is 9.30 Å². The number of fused-ring (bicyclic) bond motifs is 2. The van der Waals surface area contributed by atoms with E-state index in [4.69, 9.17) is 4.74 Å². The third-order valence-corrected chi connectivity index (χ3v) is 3.95. The van der Waals surface area contributed by atoms with Crippen molar-refractivity contribution in [2.24, 2.45) is 0 Å². The van der Waals surface area contributed by atoms with Gasteiger partial charge in [0.05, 0.1) is 5.52 Å². The molecule has 0 amide bonds. The number of benzene rings is 1. The molecule has 3 heterocycles. The molecule has 1 aromatic heterocycles. The van der Waals surface area contributed by atoms with Crippen LogP contribution in [0.2, 0.25) is 0 Å². The van der Waals surface area contributed by atoms with Crippen LogP contribution in [-0.2, 0) is 17.8 Å². The van der Waals surface area contributed by atoms with Crippen LogP contribution in [0.3, 0.4) is 0 Å². The Morgan fingerprint density at radius 2 is 2.00 bits per heavy atom. The van der Waals surface area contributed by atoms with Crippen molar-refractivity contribution in [3.8, 4) is 5.75 Å². The first-order chi connectivity index (χ1) is 9.66. The van der Waals surface area contributed by atoms with Gasteiger partial charge in [-0.2, -0.15) is 0 Å². The highest BCUT2D eigenvalue weighted by molar-refractivity contribution is 6.14. The van der Waals surface area contributed by atoms with E-state index in [-0.39, 0.29) is 23.3 Å². The lowest BCUT2D eigenvalue weighted by molar-refractivity contribution is -0.133. The number of para-hydroxylation sites is 1. The third kappa shape index (κ3) is 1.35. The standard InChI is InChI=1S/C15H11NO4/c17-10-7-11(18)20-14-9-5-1-3-8-4-2-6-16(13(8)9)15(19)12(10)14/h1,3,5H,2,4,6-7H2. The molecule has 0 saturated carbocycles. The van der Waals surface area contributed by atoms with Crippen molar-refractivity contribution in [3.63, 3.8) is 0 Å². The number of pyridine rings is 1. The van der Waals surface area contributed by atoms with E-state index in [9.17, 15) is 14.4 Å². The van der Waals surface area contributed by atoms with Crippen LogP contribution in [0.4, 0.5) is 0 Å². The van der Waals surface area contributed by atoms with Crippen LogP contribution in [0, 0.1) is 0 Å². The molecule has 0 atom stereocenters. The lowest BCUT2D eigenvalue weighted by Crippen LogP contribution is -2.34. The Kier molecular flexibility index (Phi) is 2.16. The summed E-state index contributed by atoms with van der Waals surface area (Å²) in [7, 11) is 0. The van der Waals surface area contributed by atoms with Gasteiger partial charge in [0.25, 0.3) is 5.56 Å². The second-order valence-corrected chi connectivity index (χ2v) is 5.15. The molecule has 0 bridgehead atoms. The molecule has 0 fully saturated rings. The smallest absolute Gasteiger partial charge is 0.319 e. The average molecular weight is 269 g/mol. The van der Waals surface area contributed by atoms with Crippen LogP contribution in [0.5, 0.6) is 5.75 Å². The summed E-state index contributed by atoms with van der Waals surface area (Å²) in [4.78, 5) is 36.0. The van der Waals surface area contributed by atoms with Crippen molar-refractivity contribution in [1.82, 2.24) is 4.57 Å². The van der Waals surface area contributed by atoms with Gasteiger partial charge in [-0.25, -0.2) is 0 Å². The van der Waals surface area contributed by atoms with Crippen LogP contribution >= 0.6 is 0 Å². The first-order valence-corrected chi connectivity index (χ1v) is 6.59. The van der Waals surface area contributed by atoms with Crippen LogP contribution in [-0.4, -0.2) is 16.3 Å². The fraction of sp³-hybridized carbons (Fsp3) is 0.267. The summed E-state index contributed by atoms with van der Waals surface area (Å²) >= 11 is 0. The highest BCUT2D eigenvalue weighted by Gasteiger charge is 2.32. The number of nitrogens with zero attached hydrogens (tertiary/aromatic N) is 1. The first-order valence-electron chi connectivity index (χ1n) is 6.59. The van der Waals surface area contributed by atoms with Crippen molar-refractivity contribution in [3.05, 3.63) is 39.7 Å². The maximum Gasteiger partial charge on any atom is 0.319 e. The van der Waals surface area contributed by atoms with Gasteiger partial charge in [0.15, 0.2) is 11.5 Å². The number of esters is 1. The number of aromatic nitrogens is 1. The molecule has 0 spiro atoms. The van der Waals surface area contributed by atoms with E-state index in [1.807, 2.05) is 12.1 Å². The molecule has 2 aliphatic heterocycles. The molecule has 4 rings (SSSR count). The zero-order chi connectivity index (χ0) is 13.9. The van der Waals surface area contributed by atoms with Gasteiger partial charge in [0, 0.05) is 11.9 Å². The zero-order valence-corrected chi connectivity index (χ0v) is 10.6. The average Bonchev–Trinajstić information content (AvgIpc) is 2.43. The number of carbonyl (C=O) groups is 2. The molecule has 0 N–H and O–H groups in total. The molecule has 0 saturated heterocycles. The third-order valence-electron chi connectivity index (χ3n) is 3.95. The Hall–Kier alpha value is -2.43. The summed E-state index contributed by atoms with van der Waals surface area (Å²) in [5.74, 6) is -0.891. The van der Waals surface area contributed by atoms with Crippen LogP contribution in [0.15, 0.2) is 23.0 Å². The van der Waals surface area contributed by atoms with Gasteiger partial charge >= 0.3 is 5.97 Å². The summed E-state index contributed by atoms with van der Waals surface area (Å²) in [6.07, 6.45) is 1.41. The number of hydrogen-bond acceptors (Lipinski definition) is 4. The number of aryl methyl sites for hydroxylation is 2. The van der Waals surface area contributed by atoms with E-state index in [2.05, 4.69) is 0 Å². The molecule has 5 nitrogen and oxygen atoms in total. The van der Waals surface area contributed by atoms with Gasteiger partial charge in [-0.3, -0.25) is 14.4 Å². The van der Waals surface area contributed by atoms with Crippen molar-refractivity contribution in [1.29, 1.82) is 0 Å². The molecule has 2 aromatic rings. The fourth-order valence-corrected chi connectivity index (χ4v) is 3.13. The Morgan fingerprint density at radius 1 is 1.15 bits per heavy atom. The first kappa shape index (κ1) is 11.4. The van der Waals surface area contributed by atoms with Crippen molar-refractivity contribution < 1.29 is 14.3 Å². The van der Waals surface area contributed by atoms with Gasteiger partial charge in [-0.1, -0.05) is 12.1 Å². The van der Waals surface area contributed by atoms with E-state index in [1.165, 1.54) is 0 Å².